The van der Waals surface area contributed by atoms with Crippen LogP contribution in [0.1, 0.15) is 26.3 Å². The Labute approximate surface area is 161 Å². The van der Waals surface area contributed by atoms with Crippen molar-refractivity contribution in [3.8, 4) is 0 Å². The van der Waals surface area contributed by atoms with Crippen molar-refractivity contribution in [2.45, 2.75) is 6.92 Å². The summed E-state index contributed by atoms with van der Waals surface area (Å²) in [6.07, 6.45) is 0. The molecule has 0 aliphatic carbocycles. The summed E-state index contributed by atoms with van der Waals surface area (Å²) in [5.74, 6) is -0.730. The molecule has 7 heteroatoms. The Kier molecular flexibility index (Phi) is 5.45. The number of para-hydroxylation sites is 2. The number of benzene rings is 3. The van der Waals surface area contributed by atoms with Gasteiger partial charge >= 0.3 is 0 Å². The number of carbonyl (C=O) groups is 2. The summed E-state index contributed by atoms with van der Waals surface area (Å²) in [5.41, 5.74) is 2.31. The molecule has 2 N–H and O–H groups in total. The summed E-state index contributed by atoms with van der Waals surface area (Å²) in [6, 6.07) is 19.4. The van der Waals surface area contributed by atoms with E-state index in [4.69, 9.17) is 0 Å². The first kappa shape index (κ1) is 18.8. The number of hydrogen-bond donors (Lipinski definition) is 2. The van der Waals surface area contributed by atoms with Crippen LogP contribution in [0.2, 0.25) is 0 Å². The molecule has 0 bridgehead atoms. The molecule has 140 valence electrons. The minimum absolute atomic E-state index is 0.120. The highest BCUT2D eigenvalue weighted by Gasteiger charge is 2.16. The third-order valence-corrected chi connectivity index (χ3v) is 4.03. The number of amides is 2. The standard InChI is InChI=1S/C21H17N3O4/c1-14-5-4-6-16(13-14)21(26)22-17-11-9-15(10-12-17)20(25)23-18-7-2-3-8-19(18)24(27)28/h2-13H,1H3,(H,22,26)(H,23,25). The van der Waals surface area contributed by atoms with E-state index in [1.54, 1.807) is 36.4 Å². The summed E-state index contributed by atoms with van der Waals surface area (Å²) in [7, 11) is 0. The van der Waals surface area contributed by atoms with E-state index in [1.807, 2.05) is 13.0 Å². The lowest BCUT2D eigenvalue weighted by molar-refractivity contribution is -0.383. The van der Waals surface area contributed by atoms with Gasteiger partial charge in [-0.05, 0) is 49.4 Å². The zero-order valence-corrected chi connectivity index (χ0v) is 15.0. The number of nitrogens with zero attached hydrogens (tertiary/aromatic N) is 1. The van der Waals surface area contributed by atoms with Gasteiger partial charge in [0.2, 0.25) is 0 Å². The van der Waals surface area contributed by atoms with Crippen LogP contribution in [0.3, 0.4) is 0 Å². The molecule has 7 nitrogen and oxygen atoms in total. The predicted octanol–water partition coefficient (Wildman–Crippen LogP) is 4.41. The smallest absolute Gasteiger partial charge is 0.292 e. The van der Waals surface area contributed by atoms with E-state index in [-0.39, 0.29) is 17.3 Å². The van der Waals surface area contributed by atoms with Crippen LogP contribution >= 0.6 is 0 Å². The van der Waals surface area contributed by atoms with Crippen molar-refractivity contribution in [1.29, 1.82) is 0 Å². The zero-order chi connectivity index (χ0) is 20.1. The van der Waals surface area contributed by atoms with Gasteiger partial charge in [0.05, 0.1) is 4.92 Å². The summed E-state index contributed by atoms with van der Waals surface area (Å²) < 4.78 is 0. The molecule has 3 aromatic rings. The summed E-state index contributed by atoms with van der Waals surface area (Å²) in [6.45, 7) is 1.90. The normalized spacial score (nSPS) is 10.2. The van der Waals surface area contributed by atoms with Crippen molar-refractivity contribution < 1.29 is 14.5 Å². The van der Waals surface area contributed by atoms with Crippen molar-refractivity contribution >= 4 is 28.9 Å². The van der Waals surface area contributed by atoms with Gasteiger partial charge in [-0.3, -0.25) is 19.7 Å². The number of nitro groups is 1. The largest absolute Gasteiger partial charge is 0.322 e. The van der Waals surface area contributed by atoms with Gasteiger partial charge in [0, 0.05) is 22.9 Å². The van der Waals surface area contributed by atoms with Crippen LogP contribution in [0.25, 0.3) is 0 Å². The number of hydrogen-bond acceptors (Lipinski definition) is 4. The quantitative estimate of drug-likeness (QED) is 0.509. The monoisotopic (exact) mass is 375 g/mol. The Morgan fingerprint density at radius 1 is 0.821 bits per heavy atom. The van der Waals surface area contributed by atoms with E-state index < -0.39 is 10.8 Å². The van der Waals surface area contributed by atoms with Crippen LogP contribution in [0, 0.1) is 17.0 Å². The Balaban J connectivity index is 1.70. The molecule has 0 unspecified atom stereocenters. The number of rotatable bonds is 5. The Bertz CT molecular complexity index is 1050. The van der Waals surface area contributed by atoms with Crippen molar-refractivity contribution in [2.24, 2.45) is 0 Å². The second kappa shape index (κ2) is 8.13. The molecule has 3 rings (SSSR count). The molecule has 28 heavy (non-hydrogen) atoms. The van der Waals surface area contributed by atoms with Crippen LogP contribution in [0.5, 0.6) is 0 Å². The van der Waals surface area contributed by atoms with Crippen LogP contribution in [0.15, 0.2) is 72.8 Å². The minimum Gasteiger partial charge on any atom is -0.322 e. The van der Waals surface area contributed by atoms with Gasteiger partial charge in [-0.15, -0.1) is 0 Å². The first-order chi connectivity index (χ1) is 13.4. The average Bonchev–Trinajstić information content (AvgIpc) is 2.68. The lowest BCUT2D eigenvalue weighted by atomic mass is 10.1. The number of carbonyl (C=O) groups excluding carboxylic acids is 2. The fourth-order valence-corrected chi connectivity index (χ4v) is 2.63. The summed E-state index contributed by atoms with van der Waals surface area (Å²) in [5, 5.41) is 16.3. The summed E-state index contributed by atoms with van der Waals surface area (Å²) >= 11 is 0. The fourth-order valence-electron chi connectivity index (χ4n) is 2.63. The van der Waals surface area contributed by atoms with Gasteiger partial charge in [-0.25, -0.2) is 0 Å². The molecule has 0 aliphatic rings. The van der Waals surface area contributed by atoms with E-state index in [0.29, 0.717) is 16.8 Å². The molecule has 0 spiro atoms. The lowest BCUT2D eigenvalue weighted by Crippen LogP contribution is -2.14. The Morgan fingerprint density at radius 2 is 1.50 bits per heavy atom. The van der Waals surface area contributed by atoms with Crippen LogP contribution in [-0.4, -0.2) is 16.7 Å². The van der Waals surface area contributed by atoms with E-state index in [9.17, 15) is 19.7 Å². The van der Waals surface area contributed by atoms with Crippen molar-refractivity contribution in [3.63, 3.8) is 0 Å². The molecule has 0 atom stereocenters. The highest BCUT2D eigenvalue weighted by Crippen LogP contribution is 2.24. The molecule has 0 heterocycles. The second-order valence-electron chi connectivity index (χ2n) is 6.13. The van der Waals surface area contributed by atoms with Gasteiger partial charge in [0.25, 0.3) is 17.5 Å². The average molecular weight is 375 g/mol. The maximum atomic E-state index is 12.4. The van der Waals surface area contributed by atoms with Gasteiger partial charge in [-0.2, -0.15) is 0 Å². The van der Waals surface area contributed by atoms with Crippen molar-refractivity contribution in [2.75, 3.05) is 10.6 Å². The highest BCUT2D eigenvalue weighted by molar-refractivity contribution is 6.07. The molecule has 0 saturated heterocycles. The third-order valence-electron chi connectivity index (χ3n) is 4.03. The molecule has 0 aliphatic heterocycles. The molecule has 2 amide bonds. The van der Waals surface area contributed by atoms with Crippen LogP contribution in [-0.2, 0) is 0 Å². The van der Waals surface area contributed by atoms with Gasteiger partial charge in [0.15, 0.2) is 0 Å². The zero-order valence-electron chi connectivity index (χ0n) is 15.0. The third kappa shape index (κ3) is 4.39. The number of anilines is 2. The first-order valence-electron chi connectivity index (χ1n) is 8.47. The maximum Gasteiger partial charge on any atom is 0.292 e. The van der Waals surface area contributed by atoms with Gasteiger partial charge in [-0.1, -0.05) is 29.8 Å². The molecule has 0 fully saturated rings. The van der Waals surface area contributed by atoms with Crippen molar-refractivity contribution in [1.82, 2.24) is 0 Å². The Morgan fingerprint density at radius 3 is 2.18 bits per heavy atom. The maximum absolute atomic E-state index is 12.4. The number of nitrogens with one attached hydrogen (secondary N) is 2. The molecule has 0 aromatic heterocycles. The van der Waals surface area contributed by atoms with Gasteiger partial charge < -0.3 is 10.6 Å². The van der Waals surface area contributed by atoms with Crippen molar-refractivity contribution in [3.05, 3.63) is 99.6 Å². The topological polar surface area (TPSA) is 101 Å². The predicted molar refractivity (Wildman–Crippen MR) is 107 cm³/mol. The van der Waals surface area contributed by atoms with E-state index in [0.717, 1.165) is 5.56 Å². The lowest BCUT2D eigenvalue weighted by Gasteiger charge is -2.08. The molecular formula is C21H17N3O4. The molecule has 3 aromatic carbocycles. The van der Waals surface area contributed by atoms with Crippen LogP contribution in [0.4, 0.5) is 17.1 Å². The Hall–Kier alpha value is -4.00. The van der Waals surface area contributed by atoms with Crippen LogP contribution < -0.4 is 10.6 Å². The highest BCUT2D eigenvalue weighted by atomic mass is 16.6. The molecular weight excluding hydrogens is 358 g/mol. The summed E-state index contributed by atoms with van der Waals surface area (Å²) in [4.78, 5) is 35.1. The fraction of sp³-hybridized carbons (Fsp3) is 0.0476. The number of nitro benzene ring substituents is 1. The molecule has 0 radical (unpaired) electrons. The van der Waals surface area contributed by atoms with E-state index in [2.05, 4.69) is 10.6 Å². The van der Waals surface area contributed by atoms with E-state index in [1.165, 1.54) is 30.3 Å². The minimum atomic E-state index is -0.556. The molecule has 0 saturated carbocycles. The SMILES string of the molecule is Cc1cccc(C(=O)Nc2ccc(C(=O)Nc3ccccc3[N+](=O)[O-])cc2)c1. The van der Waals surface area contributed by atoms with Gasteiger partial charge in [0.1, 0.15) is 5.69 Å². The first-order valence-corrected chi connectivity index (χ1v) is 8.47. The van der Waals surface area contributed by atoms with E-state index >= 15 is 0 Å². The second-order valence-corrected chi connectivity index (χ2v) is 6.13. The number of aryl methyl sites for hydroxylation is 1.